The summed E-state index contributed by atoms with van der Waals surface area (Å²) < 4.78 is 0. The number of hydrogen-bond donors (Lipinski definition) is 1. The third-order valence-corrected chi connectivity index (χ3v) is 3.63. The van der Waals surface area contributed by atoms with Gasteiger partial charge in [0.25, 0.3) is 5.91 Å². The van der Waals surface area contributed by atoms with E-state index >= 15 is 0 Å². The van der Waals surface area contributed by atoms with E-state index < -0.39 is 0 Å². The highest BCUT2D eigenvalue weighted by Gasteiger charge is 2.27. The third-order valence-electron chi connectivity index (χ3n) is 3.63. The standard InChI is InChI=1S/C14H20N2O.ClH/c1-10-5-3-4-6-12(10)14(17)16-8-7-13(15)11(2)9-16;/h3-6,11,13H,7-9,15H2,1-2H3;1H. The molecule has 0 aromatic heterocycles. The summed E-state index contributed by atoms with van der Waals surface area (Å²) in [4.78, 5) is 14.3. The summed E-state index contributed by atoms with van der Waals surface area (Å²) in [6, 6.07) is 7.99. The lowest BCUT2D eigenvalue weighted by Crippen LogP contribution is -2.48. The summed E-state index contributed by atoms with van der Waals surface area (Å²) in [5.74, 6) is 0.526. The van der Waals surface area contributed by atoms with Gasteiger partial charge in [-0.15, -0.1) is 12.4 Å². The van der Waals surface area contributed by atoms with Gasteiger partial charge in [0, 0.05) is 24.7 Å². The Labute approximate surface area is 115 Å². The van der Waals surface area contributed by atoms with E-state index in [4.69, 9.17) is 5.73 Å². The summed E-state index contributed by atoms with van der Waals surface area (Å²) in [6.07, 6.45) is 0.902. The lowest BCUT2D eigenvalue weighted by atomic mass is 9.94. The fourth-order valence-corrected chi connectivity index (χ4v) is 2.33. The number of carbonyl (C=O) groups excluding carboxylic acids is 1. The first-order valence-electron chi connectivity index (χ1n) is 6.20. The van der Waals surface area contributed by atoms with Crippen molar-refractivity contribution < 1.29 is 4.79 Å². The highest BCUT2D eigenvalue weighted by atomic mass is 35.5. The van der Waals surface area contributed by atoms with Gasteiger partial charge < -0.3 is 10.6 Å². The normalized spacial score (nSPS) is 23.4. The van der Waals surface area contributed by atoms with Crippen LogP contribution < -0.4 is 5.73 Å². The second-order valence-corrected chi connectivity index (χ2v) is 5.00. The molecule has 1 saturated heterocycles. The highest BCUT2D eigenvalue weighted by molar-refractivity contribution is 5.95. The summed E-state index contributed by atoms with van der Waals surface area (Å²) in [5.41, 5.74) is 7.83. The topological polar surface area (TPSA) is 46.3 Å². The average Bonchev–Trinajstić information content (AvgIpc) is 2.32. The summed E-state index contributed by atoms with van der Waals surface area (Å²) in [5, 5.41) is 0. The molecule has 1 heterocycles. The minimum atomic E-state index is 0. The van der Waals surface area contributed by atoms with Crippen molar-refractivity contribution in [2.75, 3.05) is 13.1 Å². The van der Waals surface area contributed by atoms with Gasteiger partial charge in [0.1, 0.15) is 0 Å². The molecule has 0 aliphatic carbocycles. The van der Waals surface area contributed by atoms with Gasteiger partial charge in [0.15, 0.2) is 0 Å². The van der Waals surface area contributed by atoms with Crippen LogP contribution in [0.25, 0.3) is 0 Å². The summed E-state index contributed by atoms with van der Waals surface area (Å²) in [6.45, 7) is 5.64. The van der Waals surface area contributed by atoms with Crippen LogP contribution >= 0.6 is 12.4 Å². The molecular weight excluding hydrogens is 248 g/mol. The maximum absolute atomic E-state index is 12.4. The number of likely N-dealkylation sites (tertiary alicyclic amines) is 1. The number of benzene rings is 1. The monoisotopic (exact) mass is 268 g/mol. The Hall–Kier alpha value is -1.06. The van der Waals surface area contributed by atoms with Crippen molar-refractivity contribution in [1.29, 1.82) is 0 Å². The van der Waals surface area contributed by atoms with Crippen molar-refractivity contribution >= 4 is 18.3 Å². The zero-order chi connectivity index (χ0) is 12.4. The van der Waals surface area contributed by atoms with Crippen LogP contribution in [-0.2, 0) is 0 Å². The van der Waals surface area contributed by atoms with Crippen LogP contribution in [0.2, 0.25) is 0 Å². The summed E-state index contributed by atoms with van der Waals surface area (Å²) in [7, 11) is 0. The van der Waals surface area contributed by atoms with Crippen molar-refractivity contribution in [2.45, 2.75) is 26.3 Å². The Morgan fingerprint density at radius 3 is 2.67 bits per heavy atom. The van der Waals surface area contributed by atoms with Gasteiger partial charge in [-0.25, -0.2) is 0 Å². The molecular formula is C14H21ClN2O. The molecule has 0 bridgehead atoms. The van der Waals surface area contributed by atoms with Crippen molar-refractivity contribution in [3.8, 4) is 0 Å². The quantitative estimate of drug-likeness (QED) is 0.849. The molecule has 1 amide bonds. The molecule has 1 aliphatic heterocycles. The second-order valence-electron chi connectivity index (χ2n) is 5.00. The Morgan fingerprint density at radius 1 is 1.39 bits per heavy atom. The largest absolute Gasteiger partial charge is 0.338 e. The lowest BCUT2D eigenvalue weighted by molar-refractivity contribution is 0.0663. The molecule has 4 heteroatoms. The van der Waals surface area contributed by atoms with E-state index in [1.165, 1.54) is 0 Å². The number of carbonyl (C=O) groups is 1. The molecule has 0 radical (unpaired) electrons. The molecule has 100 valence electrons. The van der Waals surface area contributed by atoms with Crippen LogP contribution in [0.5, 0.6) is 0 Å². The molecule has 2 unspecified atom stereocenters. The number of piperidine rings is 1. The van der Waals surface area contributed by atoms with Crippen LogP contribution in [0.4, 0.5) is 0 Å². The Kier molecular flexibility index (Phi) is 5.17. The first-order valence-corrected chi connectivity index (χ1v) is 6.20. The molecule has 1 fully saturated rings. The van der Waals surface area contributed by atoms with Crippen molar-refractivity contribution in [1.82, 2.24) is 4.90 Å². The molecule has 1 aromatic carbocycles. The average molecular weight is 269 g/mol. The predicted octanol–water partition coefficient (Wildman–Crippen LogP) is 2.23. The number of aryl methyl sites for hydroxylation is 1. The van der Waals surface area contributed by atoms with Crippen LogP contribution in [0.15, 0.2) is 24.3 Å². The van der Waals surface area contributed by atoms with Crippen LogP contribution in [-0.4, -0.2) is 29.9 Å². The van der Waals surface area contributed by atoms with Crippen molar-refractivity contribution in [3.05, 3.63) is 35.4 Å². The van der Waals surface area contributed by atoms with Crippen LogP contribution in [0.1, 0.15) is 29.3 Å². The third kappa shape index (κ3) is 3.03. The number of amides is 1. The number of halogens is 1. The number of nitrogens with two attached hydrogens (primary N) is 1. The first kappa shape index (κ1) is 15.0. The predicted molar refractivity (Wildman–Crippen MR) is 76.1 cm³/mol. The first-order chi connectivity index (χ1) is 8.09. The SMILES string of the molecule is Cc1ccccc1C(=O)N1CCC(N)C(C)C1.Cl. The van der Waals surface area contributed by atoms with E-state index in [1.807, 2.05) is 36.1 Å². The van der Waals surface area contributed by atoms with E-state index in [0.717, 1.165) is 30.6 Å². The van der Waals surface area contributed by atoms with Gasteiger partial charge in [0.05, 0.1) is 0 Å². The molecule has 2 N–H and O–H groups in total. The molecule has 18 heavy (non-hydrogen) atoms. The van der Waals surface area contributed by atoms with Gasteiger partial charge in [-0.3, -0.25) is 4.79 Å². The summed E-state index contributed by atoms with van der Waals surface area (Å²) >= 11 is 0. The zero-order valence-corrected chi connectivity index (χ0v) is 11.7. The number of hydrogen-bond acceptors (Lipinski definition) is 2. The molecule has 1 aromatic rings. The Morgan fingerprint density at radius 2 is 2.06 bits per heavy atom. The smallest absolute Gasteiger partial charge is 0.254 e. The Bertz CT molecular complexity index is 422. The zero-order valence-electron chi connectivity index (χ0n) is 10.9. The fraction of sp³-hybridized carbons (Fsp3) is 0.500. The molecule has 1 aliphatic rings. The van der Waals surface area contributed by atoms with E-state index in [2.05, 4.69) is 6.92 Å². The van der Waals surface area contributed by atoms with E-state index in [1.54, 1.807) is 0 Å². The highest BCUT2D eigenvalue weighted by Crippen LogP contribution is 2.18. The van der Waals surface area contributed by atoms with Crippen LogP contribution in [0.3, 0.4) is 0 Å². The van der Waals surface area contributed by atoms with Gasteiger partial charge in [-0.05, 0) is 30.9 Å². The Balaban J connectivity index is 0.00000162. The van der Waals surface area contributed by atoms with Gasteiger partial charge in [0.2, 0.25) is 0 Å². The molecule has 2 atom stereocenters. The number of rotatable bonds is 1. The fourth-order valence-electron chi connectivity index (χ4n) is 2.33. The van der Waals surface area contributed by atoms with Crippen molar-refractivity contribution in [3.63, 3.8) is 0 Å². The number of nitrogens with zero attached hydrogens (tertiary/aromatic N) is 1. The van der Waals surface area contributed by atoms with E-state index in [0.29, 0.717) is 5.92 Å². The van der Waals surface area contributed by atoms with Gasteiger partial charge >= 0.3 is 0 Å². The van der Waals surface area contributed by atoms with E-state index in [9.17, 15) is 4.79 Å². The molecule has 2 rings (SSSR count). The maximum atomic E-state index is 12.4. The van der Waals surface area contributed by atoms with E-state index in [-0.39, 0.29) is 24.4 Å². The second kappa shape index (κ2) is 6.21. The van der Waals surface area contributed by atoms with Gasteiger partial charge in [-0.2, -0.15) is 0 Å². The minimum Gasteiger partial charge on any atom is -0.338 e. The molecule has 3 nitrogen and oxygen atoms in total. The lowest BCUT2D eigenvalue weighted by Gasteiger charge is -2.35. The van der Waals surface area contributed by atoms with Crippen molar-refractivity contribution in [2.24, 2.45) is 11.7 Å². The van der Waals surface area contributed by atoms with Gasteiger partial charge in [-0.1, -0.05) is 25.1 Å². The molecule has 0 saturated carbocycles. The van der Waals surface area contributed by atoms with Crippen LogP contribution in [0, 0.1) is 12.8 Å². The maximum Gasteiger partial charge on any atom is 0.254 e. The molecule has 0 spiro atoms. The minimum absolute atomic E-state index is 0.